The van der Waals surface area contributed by atoms with Crippen LogP contribution in [0, 0.1) is 5.82 Å². The molecule has 7 nitrogen and oxygen atoms in total. The highest BCUT2D eigenvalue weighted by molar-refractivity contribution is 6.07. The Kier molecular flexibility index (Phi) is 6.91. The first-order valence-electron chi connectivity index (χ1n) is 10.9. The fourth-order valence-corrected chi connectivity index (χ4v) is 4.05. The minimum atomic E-state index is -1.36. The lowest BCUT2D eigenvalue weighted by Crippen LogP contribution is -2.27. The molecule has 0 bridgehead atoms. The van der Waals surface area contributed by atoms with E-state index in [0.29, 0.717) is 0 Å². The predicted molar refractivity (Wildman–Crippen MR) is 129 cm³/mol. The normalized spacial score (nSPS) is 12.5. The van der Waals surface area contributed by atoms with Crippen LogP contribution in [-0.2, 0) is 9.53 Å². The van der Waals surface area contributed by atoms with Gasteiger partial charge in [-0.25, -0.2) is 14.0 Å². The van der Waals surface area contributed by atoms with E-state index in [2.05, 4.69) is 22.8 Å². The number of rotatable bonds is 7. The monoisotopic (exact) mass is 474 g/mol. The van der Waals surface area contributed by atoms with E-state index in [4.69, 9.17) is 4.74 Å². The van der Waals surface area contributed by atoms with Gasteiger partial charge in [-0.15, -0.1) is 0 Å². The molecule has 0 heterocycles. The van der Waals surface area contributed by atoms with Crippen molar-refractivity contribution in [2.75, 3.05) is 18.5 Å². The maximum Gasteiger partial charge on any atom is 0.407 e. The molecule has 0 saturated heterocycles. The number of aromatic carboxylic acids is 1. The summed E-state index contributed by atoms with van der Waals surface area (Å²) in [6.45, 7) is 1.72. The van der Waals surface area contributed by atoms with Crippen molar-refractivity contribution in [3.63, 3.8) is 0 Å². The van der Waals surface area contributed by atoms with Crippen molar-refractivity contribution in [3.8, 4) is 11.1 Å². The first kappa shape index (κ1) is 23.7. The molecule has 3 aromatic rings. The molecule has 178 valence electrons. The topological polar surface area (TPSA) is 105 Å². The highest BCUT2D eigenvalue weighted by Crippen LogP contribution is 2.44. The van der Waals surface area contributed by atoms with Crippen LogP contribution in [0.4, 0.5) is 14.9 Å². The van der Waals surface area contributed by atoms with Gasteiger partial charge in [0, 0.05) is 18.0 Å². The minimum absolute atomic E-state index is 0.0267. The summed E-state index contributed by atoms with van der Waals surface area (Å²) >= 11 is 0. The summed E-state index contributed by atoms with van der Waals surface area (Å²) < 4.78 is 18.8. The Balaban J connectivity index is 1.31. The quantitative estimate of drug-likeness (QED) is 0.421. The lowest BCUT2D eigenvalue weighted by molar-refractivity contribution is -0.112. The molecule has 35 heavy (non-hydrogen) atoms. The number of carboxylic acid groups (broad SMARTS) is 1. The number of alkyl carbamates (subject to hydrolysis) is 1. The molecule has 0 fully saturated rings. The molecule has 3 N–H and O–H groups in total. The Hall–Kier alpha value is -4.46. The van der Waals surface area contributed by atoms with E-state index in [1.54, 1.807) is 0 Å². The zero-order chi connectivity index (χ0) is 24.9. The van der Waals surface area contributed by atoms with Crippen LogP contribution in [0.15, 0.2) is 78.4 Å². The largest absolute Gasteiger partial charge is 0.478 e. The van der Waals surface area contributed by atoms with Gasteiger partial charge in [0.2, 0.25) is 0 Å². The van der Waals surface area contributed by atoms with Crippen molar-refractivity contribution in [1.29, 1.82) is 0 Å². The van der Waals surface area contributed by atoms with Gasteiger partial charge in [-0.1, -0.05) is 54.6 Å². The molecular weight excluding hydrogens is 451 g/mol. The van der Waals surface area contributed by atoms with Crippen molar-refractivity contribution >= 4 is 23.7 Å². The van der Waals surface area contributed by atoms with E-state index in [1.807, 2.05) is 36.4 Å². The third-order valence-electron chi connectivity index (χ3n) is 5.82. The number of hydrogen-bond acceptors (Lipinski definition) is 4. The van der Waals surface area contributed by atoms with Crippen molar-refractivity contribution in [2.45, 2.75) is 12.8 Å². The summed E-state index contributed by atoms with van der Waals surface area (Å²) in [5.41, 5.74) is 4.34. The summed E-state index contributed by atoms with van der Waals surface area (Å²) in [4.78, 5) is 35.9. The minimum Gasteiger partial charge on any atom is -0.478 e. The molecule has 2 amide bonds. The van der Waals surface area contributed by atoms with Gasteiger partial charge in [0.1, 0.15) is 12.4 Å². The number of fused-ring (bicyclic) bond motifs is 3. The summed E-state index contributed by atoms with van der Waals surface area (Å²) in [6.07, 6.45) is 0.851. The van der Waals surface area contributed by atoms with Crippen LogP contribution in [0.2, 0.25) is 0 Å². The lowest BCUT2D eigenvalue weighted by Gasteiger charge is -2.14. The first-order chi connectivity index (χ1) is 16.8. The summed E-state index contributed by atoms with van der Waals surface area (Å²) in [5, 5.41) is 14.2. The molecule has 0 radical (unpaired) electrons. The van der Waals surface area contributed by atoms with Gasteiger partial charge in [0.15, 0.2) is 0 Å². The Labute approximate surface area is 201 Å². The Morgan fingerprint density at radius 2 is 1.63 bits per heavy atom. The molecule has 0 aliphatic heterocycles. The van der Waals surface area contributed by atoms with E-state index < -0.39 is 23.8 Å². The zero-order valence-electron chi connectivity index (χ0n) is 18.9. The number of nitrogens with one attached hydrogen (secondary N) is 2. The van der Waals surface area contributed by atoms with E-state index in [9.17, 15) is 23.9 Å². The van der Waals surface area contributed by atoms with Gasteiger partial charge in [-0.2, -0.15) is 0 Å². The van der Waals surface area contributed by atoms with Crippen LogP contribution in [0.5, 0.6) is 0 Å². The molecule has 0 atom stereocenters. The van der Waals surface area contributed by atoms with Crippen LogP contribution < -0.4 is 10.6 Å². The Morgan fingerprint density at radius 3 is 2.26 bits per heavy atom. The average Bonchev–Trinajstić information content (AvgIpc) is 3.17. The standard InChI is InChI=1S/C27H23FN2O5/c1-16(25(31)30-24-11-10-17(28)14-22(24)26(32)33)12-13-29-27(34)35-15-23-20-8-4-2-6-18(20)19-7-3-5-9-21(19)23/h2-12,14,23H,13,15H2,1H3,(H,29,34)(H,30,31)(H,32,33)/b16-12+. The van der Waals surface area contributed by atoms with Crippen LogP contribution >= 0.6 is 0 Å². The van der Waals surface area contributed by atoms with E-state index in [0.717, 1.165) is 34.4 Å². The predicted octanol–water partition coefficient (Wildman–Crippen LogP) is 4.95. The van der Waals surface area contributed by atoms with Crippen LogP contribution in [0.1, 0.15) is 34.3 Å². The molecule has 3 aromatic carbocycles. The van der Waals surface area contributed by atoms with Crippen molar-refractivity contribution < 1.29 is 28.6 Å². The maximum atomic E-state index is 13.3. The number of ether oxygens (including phenoxy) is 1. The number of amides is 2. The number of carbonyl (C=O) groups excluding carboxylic acids is 2. The molecule has 0 saturated carbocycles. The molecule has 0 aromatic heterocycles. The Morgan fingerprint density at radius 1 is 1.00 bits per heavy atom. The molecule has 8 heteroatoms. The highest BCUT2D eigenvalue weighted by atomic mass is 19.1. The molecular formula is C27H23FN2O5. The van der Waals surface area contributed by atoms with Gasteiger partial charge in [0.05, 0.1) is 11.3 Å². The fourth-order valence-electron chi connectivity index (χ4n) is 4.05. The molecule has 1 aliphatic rings. The number of anilines is 1. The summed E-state index contributed by atoms with van der Waals surface area (Å²) in [7, 11) is 0. The number of carboxylic acids is 1. The summed E-state index contributed by atoms with van der Waals surface area (Å²) in [5.74, 6) is -2.72. The van der Waals surface area contributed by atoms with E-state index in [-0.39, 0.29) is 35.9 Å². The molecule has 4 rings (SSSR count). The van der Waals surface area contributed by atoms with Crippen LogP contribution in [-0.4, -0.2) is 36.2 Å². The molecule has 0 unspecified atom stereocenters. The second-order valence-corrected chi connectivity index (χ2v) is 8.04. The lowest BCUT2D eigenvalue weighted by atomic mass is 9.98. The van der Waals surface area contributed by atoms with Gasteiger partial charge < -0.3 is 20.5 Å². The van der Waals surface area contributed by atoms with E-state index in [1.165, 1.54) is 19.1 Å². The SMILES string of the molecule is C/C(=C\CNC(=O)OCC1c2ccccc2-c2ccccc21)C(=O)Nc1ccc(F)cc1C(=O)O. The van der Waals surface area contributed by atoms with Crippen LogP contribution in [0.3, 0.4) is 0 Å². The highest BCUT2D eigenvalue weighted by Gasteiger charge is 2.28. The Bertz CT molecular complexity index is 1290. The number of hydrogen-bond donors (Lipinski definition) is 3. The van der Waals surface area contributed by atoms with Crippen molar-refractivity contribution in [1.82, 2.24) is 5.32 Å². The number of benzene rings is 3. The van der Waals surface area contributed by atoms with Gasteiger partial charge in [-0.3, -0.25) is 4.79 Å². The molecule has 0 spiro atoms. The third-order valence-corrected chi connectivity index (χ3v) is 5.82. The smallest absolute Gasteiger partial charge is 0.407 e. The number of halogens is 1. The fraction of sp³-hybridized carbons (Fsp3) is 0.148. The number of carbonyl (C=O) groups is 3. The zero-order valence-corrected chi connectivity index (χ0v) is 18.9. The van der Waals surface area contributed by atoms with Gasteiger partial charge >= 0.3 is 12.1 Å². The first-order valence-corrected chi connectivity index (χ1v) is 10.9. The van der Waals surface area contributed by atoms with Gasteiger partial charge in [0.25, 0.3) is 5.91 Å². The second kappa shape index (κ2) is 10.2. The maximum absolute atomic E-state index is 13.3. The van der Waals surface area contributed by atoms with Crippen molar-refractivity contribution in [2.24, 2.45) is 0 Å². The summed E-state index contributed by atoms with van der Waals surface area (Å²) in [6, 6.07) is 19.1. The average molecular weight is 474 g/mol. The van der Waals surface area contributed by atoms with E-state index >= 15 is 0 Å². The van der Waals surface area contributed by atoms with Crippen LogP contribution in [0.25, 0.3) is 11.1 Å². The second-order valence-electron chi connectivity index (χ2n) is 8.04. The van der Waals surface area contributed by atoms with Gasteiger partial charge in [-0.05, 0) is 47.4 Å². The third kappa shape index (κ3) is 5.22. The molecule has 1 aliphatic carbocycles. The van der Waals surface area contributed by atoms with Crippen molar-refractivity contribution in [3.05, 3.63) is 101 Å².